The van der Waals surface area contributed by atoms with Crippen molar-refractivity contribution in [1.82, 2.24) is 4.90 Å². The number of hydrogen-bond acceptors (Lipinski definition) is 1. The van der Waals surface area contributed by atoms with Crippen molar-refractivity contribution >= 4 is 8.07 Å². The molecular weight excluding hydrogens is 234 g/mol. The molecule has 0 heterocycles. The van der Waals surface area contributed by atoms with Crippen molar-refractivity contribution in [1.29, 1.82) is 0 Å². The highest BCUT2D eigenvalue weighted by atomic mass is 28.3. The zero-order valence-electron chi connectivity index (χ0n) is 13.9. The van der Waals surface area contributed by atoms with Gasteiger partial charge in [0.25, 0.3) is 0 Å². The second-order valence-corrected chi connectivity index (χ2v) is 12.8. The lowest BCUT2D eigenvalue weighted by molar-refractivity contribution is 0.413. The third-order valence-corrected chi connectivity index (χ3v) is 9.03. The first-order chi connectivity index (χ1) is 8.03. The Balaban J connectivity index is 3.20. The summed E-state index contributed by atoms with van der Waals surface area (Å²) in [6.07, 6.45) is 1.20. The quantitative estimate of drug-likeness (QED) is 0.666. The summed E-state index contributed by atoms with van der Waals surface area (Å²) in [6, 6.07) is 0. The van der Waals surface area contributed by atoms with Crippen LogP contribution in [-0.2, 0) is 0 Å². The molecule has 0 N–H and O–H groups in total. The summed E-state index contributed by atoms with van der Waals surface area (Å²) in [4.78, 5) is 2.28. The molecule has 104 valence electrons. The summed E-state index contributed by atoms with van der Waals surface area (Å²) in [5, 5.41) is 0.360. The lowest BCUT2D eigenvalue weighted by atomic mass is 9.97. The molecule has 0 aromatic carbocycles. The fourth-order valence-electron chi connectivity index (χ4n) is 3.30. The lowest BCUT2D eigenvalue weighted by Gasteiger charge is -2.41. The minimum atomic E-state index is -1.24. The van der Waals surface area contributed by atoms with E-state index >= 15 is 0 Å². The van der Waals surface area contributed by atoms with Crippen molar-refractivity contribution in [2.24, 2.45) is 0 Å². The van der Waals surface area contributed by atoms with Crippen LogP contribution in [0.4, 0.5) is 0 Å². The van der Waals surface area contributed by atoms with E-state index in [2.05, 4.69) is 66.3 Å². The Labute approximate surface area is 115 Å². The summed E-state index contributed by atoms with van der Waals surface area (Å²) in [6.45, 7) is 18.2. The molecule has 0 bridgehead atoms. The van der Waals surface area contributed by atoms with Crippen molar-refractivity contribution in [2.75, 3.05) is 20.6 Å². The predicted molar refractivity (Wildman–Crippen MR) is 86.0 cm³/mol. The first-order valence-electron chi connectivity index (χ1n) is 7.06. The zero-order valence-corrected chi connectivity index (χ0v) is 14.9. The number of rotatable bonds is 4. The maximum Gasteiger partial charge on any atom is 0.0600 e. The number of nitrogens with zero attached hydrogens (tertiary/aromatic N) is 1. The van der Waals surface area contributed by atoms with E-state index in [0.717, 1.165) is 6.54 Å². The molecule has 0 amide bonds. The van der Waals surface area contributed by atoms with Gasteiger partial charge in [0.15, 0.2) is 0 Å². The van der Waals surface area contributed by atoms with Crippen LogP contribution in [0.5, 0.6) is 0 Å². The summed E-state index contributed by atoms with van der Waals surface area (Å²) in [7, 11) is 3.08. The zero-order chi connectivity index (χ0) is 14.3. The fourth-order valence-corrected chi connectivity index (χ4v) is 5.89. The molecule has 1 atom stereocenters. The van der Waals surface area contributed by atoms with E-state index in [1.807, 2.05) is 0 Å². The standard InChI is InChI=1S/C16H31NSi/c1-12-13(2)16(4,18(7,8)9)14(3)15(12)10-11-17(5)6/h10-11H2,1-9H3. The molecule has 1 unspecified atom stereocenters. The Bertz CT molecular complexity index is 396. The largest absolute Gasteiger partial charge is 0.309 e. The van der Waals surface area contributed by atoms with Crippen LogP contribution >= 0.6 is 0 Å². The summed E-state index contributed by atoms with van der Waals surface area (Å²) in [5.41, 5.74) is 6.48. The summed E-state index contributed by atoms with van der Waals surface area (Å²) >= 11 is 0. The minimum absolute atomic E-state index is 0.360. The fraction of sp³-hybridized carbons (Fsp3) is 0.750. The molecule has 1 aliphatic rings. The van der Waals surface area contributed by atoms with Crippen LogP contribution < -0.4 is 0 Å². The van der Waals surface area contributed by atoms with Gasteiger partial charge < -0.3 is 4.90 Å². The van der Waals surface area contributed by atoms with E-state index in [9.17, 15) is 0 Å². The van der Waals surface area contributed by atoms with Crippen LogP contribution in [0.25, 0.3) is 0 Å². The SMILES string of the molecule is CC1=C(C)C(C)([Si](C)(C)C)C(C)=C1CCN(C)C. The smallest absolute Gasteiger partial charge is 0.0600 e. The summed E-state index contributed by atoms with van der Waals surface area (Å²) < 4.78 is 0. The topological polar surface area (TPSA) is 3.24 Å². The van der Waals surface area contributed by atoms with Gasteiger partial charge in [0.1, 0.15) is 0 Å². The highest BCUT2D eigenvalue weighted by Gasteiger charge is 2.46. The van der Waals surface area contributed by atoms with E-state index in [4.69, 9.17) is 0 Å². The molecule has 1 aliphatic carbocycles. The Kier molecular flexibility index (Phi) is 4.34. The van der Waals surface area contributed by atoms with Gasteiger partial charge in [-0.15, -0.1) is 0 Å². The Morgan fingerprint density at radius 2 is 1.50 bits per heavy atom. The second-order valence-electron chi connectivity index (χ2n) is 7.28. The van der Waals surface area contributed by atoms with Crippen molar-refractivity contribution in [3.05, 3.63) is 22.3 Å². The van der Waals surface area contributed by atoms with Crippen LogP contribution in [0.1, 0.15) is 34.1 Å². The molecule has 18 heavy (non-hydrogen) atoms. The molecule has 0 saturated heterocycles. The van der Waals surface area contributed by atoms with Gasteiger partial charge in [0.05, 0.1) is 8.07 Å². The average Bonchev–Trinajstić information content (AvgIpc) is 2.39. The van der Waals surface area contributed by atoms with Gasteiger partial charge in [-0.25, -0.2) is 0 Å². The molecule has 2 heteroatoms. The van der Waals surface area contributed by atoms with Crippen molar-refractivity contribution in [3.63, 3.8) is 0 Å². The molecule has 1 rings (SSSR count). The van der Waals surface area contributed by atoms with E-state index < -0.39 is 8.07 Å². The Morgan fingerprint density at radius 1 is 1.00 bits per heavy atom. The maximum atomic E-state index is 2.50. The Hall–Kier alpha value is -0.343. The molecule has 1 nitrogen and oxygen atoms in total. The van der Waals surface area contributed by atoms with Crippen molar-refractivity contribution in [2.45, 2.75) is 58.8 Å². The first-order valence-corrected chi connectivity index (χ1v) is 10.6. The van der Waals surface area contributed by atoms with Gasteiger partial charge in [-0.1, -0.05) is 37.7 Å². The second kappa shape index (κ2) is 4.97. The van der Waals surface area contributed by atoms with Gasteiger partial charge in [0, 0.05) is 11.6 Å². The average molecular weight is 266 g/mol. The highest BCUT2D eigenvalue weighted by Crippen LogP contribution is 2.58. The molecule has 0 saturated carbocycles. The third-order valence-electron chi connectivity index (χ3n) is 5.28. The van der Waals surface area contributed by atoms with Crippen LogP contribution in [0.15, 0.2) is 22.3 Å². The highest BCUT2D eigenvalue weighted by molar-refractivity contribution is 6.80. The summed E-state index contributed by atoms with van der Waals surface area (Å²) in [5.74, 6) is 0. The molecule has 0 aliphatic heterocycles. The normalized spacial score (nSPS) is 25.7. The van der Waals surface area contributed by atoms with Crippen LogP contribution in [0.3, 0.4) is 0 Å². The van der Waals surface area contributed by atoms with Crippen molar-refractivity contribution < 1.29 is 0 Å². The van der Waals surface area contributed by atoms with E-state index in [1.54, 1.807) is 22.3 Å². The van der Waals surface area contributed by atoms with E-state index in [0.29, 0.717) is 5.04 Å². The van der Waals surface area contributed by atoms with Gasteiger partial charge in [-0.05, 0) is 52.4 Å². The lowest BCUT2D eigenvalue weighted by Crippen LogP contribution is -2.38. The monoisotopic (exact) mass is 265 g/mol. The molecule has 0 aromatic heterocycles. The number of hydrogen-bond donors (Lipinski definition) is 0. The van der Waals surface area contributed by atoms with Crippen LogP contribution in [0.2, 0.25) is 24.7 Å². The van der Waals surface area contributed by atoms with E-state index in [-0.39, 0.29) is 0 Å². The van der Waals surface area contributed by atoms with Gasteiger partial charge in [-0.3, -0.25) is 0 Å². The molecule has 0 spiro atoms. The predicted octanol–water partition coefficient (Wildman–Crippen LogP) is 4.70. The van der Waals surface area contributed by atoms with Crippen molar-refractivity contribution in [3.8, 4) is 0 Å². The third kappa shape index (κ3) is 2.37. The van der Waals surface area contributed by atoms with Crippen LogP contribution in [-0.4, -0.2) is 33.6 Å². The van der Waals surface area contributed by atoms with Gasteiger partial charge in [-0.2, -0.15) is 0 Å². The minimum Gasteiger partial charge on any atom is -0.309 e. The van der Waals surface area contributed by atoms with Gasteiger partial charge in [0.2, 0.25) is 0 Å². The molecule has 0 fully saturated rings. The Morgan fingerprint density at radius 3 is 1.83 bits per heavy atom. The van der Waals surface area contributed by atoms with Gasteiger partial charge >= 0.3 is 0 Å². The number of allylic oxidation sites excluding steroid dienone is 3. The maximum absolute atomic E-state index is 2.50. The molecule has 0 radical (unpaired) electrons. The molecular formula is C16H31NSi. The van der Waals surface area contributed by atoms with E-state index in [1.165, 1.54) is 6.42 Å². The molecule has 0 aromatic rings. The van der Waals surface area contributed by atoms with Crippen LogP contribution in [0, 0.1) is 0 Å². The first kappa shape index (κ1) is 15.7.